The Bertz CT molecular complexity index is 595. The SMILES string of the molecule is Cc1ccc(OCc2ncc(C(=O)NN)s2)cc1C. The van der Waals surface area contributed by atoms with Crippen LogP contribution in [0.25, 0.3) is 0 Å². The van der Waals surface area contributed by atoms with Gasteiger partial charge in [-0.05, 0) is 37.1 Å². The zero-order valence-corrected chi connectivity index (χ0v) is 11.6. The van der Waals surface area contributed by atoms with Gasteiger partial charge in [0.25, 0.3) is 5.91 Å². The van der Waals surface area contributed by atoms with Gasteiger partial charge in [-0.2, -0.15) is 0 Å². The number of rotatable bonds is 4. The highest BCUT2D eigenvalue weighted by Crippen LogP contribution is 2.19. The summed E-state index contributed by atoms with van der Waals surface area (Å²) < 4.78 is 5.64. The van der Waals surface area contributed by atoms with Crippen LogP contribution in [0.2, 0.25) is 0 Å². The number of hydrogen-bond acceptors (Lipinski definition) is 5. The van der Waals surface area contributed by atoms with E-state index in [4.69, 9.17) is 10.6 Å². The number of thiazole rings is 1. The van der Waals surface area contributed by atoms with Crippen molar-refractivity contribution in [1.29, 1.82) is 0 Å². The predicted molar refractivity (Wildman–Crippen MR) is 74.0 cm³/mol. The van der Waals surface area contributed by atoms with Crippen LogP contribution in [0.4, 0.5) is 0 Å². The number of amides is 1. The van der Waals surface area contributed by atoms with E-state index in [1.165, 1.54) is 28.7 Å². The molecule has 0 unspecified atom stereocenters. The van der Waals surface area contributed by atoms with Gasteiger partial charge < -0.3 is 4.74 Å². The summed E-state index contributed by atoms with van der Waals surface area (Å²) in [5.74, 6) is 5.51. The van der Waals surface area contributed by atoms with Crippen molar-refractivity contribution < 1.29 is 9.53 Å². The molecule has 0 fully saturated rings. The number of hydrogen-bond donors (Lipinski definition) is 2. The van der Waals surface area contributed by atoms with Crippen LogP contribution in [0.3, 0.4) is 0 Å². The number of nitrogens with two attached hydrogens (primary N) is 1. The molecule has 0 spiro atoms. The lowest BCUT2D eigenvalue weighted by Gasteiger charge is -2.06. The normalized spacial score (nSPS) is 10.3. The van der Waals surface area contributed by atoms with Crippen molar-refractivity contribution in [2.75, 3.05) is 0 Å². The monoisotopic (exact) mass is 277 g/mol. The number of hydrazine groups is 1. The van der Waals surface area contributed by atoms with Gasteiger partial charge in [0.15, 0.2) is 0 Å². The summed E-state index contributed by atoms with van der Waals surface area (Å²) in [7, 11) is 0. The average molecular weight is 277 g/mol. The van der Waals surface area contributed by atoms with Gasteiger partial charge in [-0.25, -0.2) is 10.8 Å². The number of ether oxygens (including phenoxy) is 1. The van der Waals surface area contributed by atoms with Crippen molar-refractivity contribution in [3.8, 4) is 5.75 Å². The summed E-state index contributed by atoms with van der Waals surface area (Å²) in [6, 6.07) is 5.92. The number of aryl methyl sites for hydroxylation is 2. The molecule has 6 heteroatoms. The number of nitrogens with zero attached hydrogens (tertiary/aromatic N) is 1. The Hall–Kier alpha value is -1.92. The molecule has 1 aromatic heterocycles. The molecule has 0 aliphatic heterocycles. The maximum absolute atomic E-state index is 11.3. The van der Waals surface area contributed by atoms with Crippen molar-refractivity contribution in [2.24, 2.45) is 5.84 Å². The molecule has 0 saturated heterocycles. The largest absolute Gasteiger partial charge is 0.486 e. The number of aromatic nitrogens is 1. The van der Waals surface area contributed by atoms with Crippen LogP contribution in [0.5, 0.6) is 5.75 Å². The van der Waals surface area contributed by atoms with Crippen LogP contribution in [-0.4, -0.2) is 10.9 Å². The second-order valence-corrected chi connectivity index (χ2v) is 5.24. The van der Waals surface area contributed by atoms with Gasteiger partial charge in [0.05, 0.1) is 6.20 Å². The standard InChI is InChI=1S/C13H15N3O2S/c1-8-3-4-10(5-9(8)2)18-7-12-15-6-11(19-12)13(17)16-14/h3-6H,7,14H2,1-2H3,(H,16,17). The van der Waals surface area contributed by atoms with Crippen molar-refractivity contribution >= 4 is 17.2 Å². The summed E-state index contributed by atoms with van der Waals surface area (Å²) in [5, 5.41) is 0.733. The summed E-state index contributed by atoms with van der Waals surface area (Å²) in [6.45, 7) is 4.43. The van der Waals surface area contributed by atoms with Crippen LogP contribution in [0, 0.1) is 13.8 Å². The van der Waals surface area contributed by atoms with Gasteiger partial charge in [0.2, 0.25) is 0 Å². The van der Waals surface area contributed by atoms with E-state index in [1.54, 1.807) is 0 Å². The summed E-state index contributed by atoms with van der Waals surface area (Å²) in [5.41, 5.74) is 4.48. The number of nitrogen functional groups attached to an aromatic ring is 1. The Labute approximate surface area is 115 Å². The molecule has 5 nitrogen and oxygen atoms in total. The number of carbonyl (C=O) groups is 1. The Morgan fingerprint density at radius 2 is 2.21 bits per heavy atom. The van der Waals surface area contributed by atoms with Gasteiger partial charge in [-0.3, -0.25) is 10.2 Å². The van der Waals surface area contributed by atoms with Gasteiger partial charge in [-0.1, -0.05) is 6.07 Å². The van der Waals surface area contributed by atoms with E-state index in [2.05, 4.69) is 17.3 Å². The summed E-state index contributed by atoms with van der Waals surface area (Å²) >= 11 is 1.26. The zero-order chi connectivity index (χ0) is 13.8. The van der Waals surface area contributed by atoms with Crippen LogP contribution in [-0.2, 0) is 6.61 Å². The first kappa shape index (κ1) is 13.5. The van der Waals surface area contributed by atoms with E-state index in [0.717, 1.165) is 10.8 Å². The molecule has 1 amide bonds. The van der Waals surface area contributed by atoms with Crippen LogP contribution in [0.15, 0.2) is 24.4 Å². The predicted octanol–water partition coefficient (Wildman–Crippen LogP) is 1.94. The fraction of sp³-hybridized carbons (Fsp3) is 0.231. The second-order valence-electron chi connectivity index (χ2n) is 4.13. The highest BCUT2D eigenvalue weighted by atomic mass is 32.1. The minimum absolute atomic E-state index is 0.338. The molecule has 0 bridgehead atoms. The Morgan fingerprint density at radius 1 is 1.42 bits per heavy atom. The molecule has 100 valence electrons. The number of nitrogens with one attached hydrogen (secondary N) is 1. The maximum atomic E-state index is 11.3. The van der Waals surface area contributed by atoms with Crippen LogP contribution < -0.4 is 16.0 Å². The molecule has 0 saturated carbocycles. The Balaban J connectivity index is 2.00. The molecular weight excluding hydrogens is 262 g/mol. The highest BCUT2D eigenvalue weighted by molar-refractivity contribution is 7.13. The molecular formula is C13H15N3O2S. The van der Waals surface area contributed by atoms with Crippen molar-refractivity contribution in [2.45, 2.75) is 20.5 Å². The summed E-state index contributed by atoms with van der Waals surface area (Å²) in [6.07, 6.45) is 1.49. The lowest BCUT2D eigenvalue weighted by atomic mass is 10.1. The lowest BCUT2D eigenvalue weighted by Crippen LogP contribution is -2.29. The van der Waals surface area contributed by atoms with Crippen LogP contribution in [0.1, 0.15) is 25.8 Å². The number of carbonyl (C=O) groups excluding carboxylic acids is 1. The quantitative estimate of drug-likeness (QED) is 0.508. The third-order valence-corrected chi connectivity index (χ3v) is 3.72. The topological polar surface area (TPSA) is 77.2 Å². The fourth-order valence-corrected chi connectivity index (χ4v) is 2.24. The van der Waals surface area contributed by atoms with Crippen LogP contribution >= 0.6 is 11.3 Å². The van der Waals surface area contributed by atoms with E-state index in [1.807, 2.05) is 25.1 Å². The van der Waals surface area contributed by atoms with Crippen molar-refractivity contribution in [1.82, 2.24) is 10.4 Å². The molecule has 1 heterocycles. The zero-order valence-electron chi connectivity index (χ0n) is 10.8. The highest BCUT2D eigenvalue weighted by Gasteiger charge is 2.09. The molecule has 0 atom stereocenters. The first-order chi connectivity index (χ1) is 9.10. The van der Waals surface area contributed by atoms with E-state index in [-0.39, 0.29) is 5.91 Å². The van der Waals surface area contributed by atoms with Gasteiger partial charge >= 0.3 is 0 Å². The Kier molecular flexibility index (Phi) is 4.13. The minimum Gasteiger partial charge on any atom is -0.486 e. The van der Waals surface area contributed by atoms with Crippen molar-refractivity contribution in [3.05, 3.63) is 45.4 Å². The maximum Gasteiger partial charge on any atom is 0.276 e. The minimum atomic E-state index is -0.338. The van der Waals surface area contributed by atoms with E-state index < -0.39 is 0 Å². The van der Waals surface area contributed by atoms with Gasteiger partial charge in [-0.15, -0.1) is 11.3 Å². The first-order valence-electron chi connectivity index (χ1n) is 5.76. The molecule has 19 heavy (non-hydrogen) atoms. The molecule has 2 aromatic rings. The summed E-state index contributed by atoms with van der Waals surface area (Å²) in [4.78, 5) is 15.9. The first-order valence-corrected chi connectivity index (χ1v) is 6.57. The molecule has 0 aliphatic rings. The second kappa shape index (κ2) is 5.81. The Morgan fingerprint density at radius 3 is 2.89 bits per heavy atom. The lowest BCUT2D eigenvalue weighted by molar-refractivity contribution is 0.0957. The van der Waals surface area contributed by atoms with Gasteiger partial charge in [0, 0.05) is 0 Å². The molecule has 1 aromatic carbocycles. The average Bonchev–Trinajstić information content (AvgIpc) is 2.88. The molecule has 0 radical (unpaired) electrons. The molecule has 0 aliphatic carbocycles. The van der Waals surface area contributed by atoms with Crippen molar-refractivity contribution in [3.63, 3.8) is 0 Å². The molecule has 2 rings (SSSR count). The molecule has 3 N–H and O–H groups in total. The number of benzene rings is 1. The third kappa shape index (κ3) is 3.30. The van der Waals surface area contributed by atoms with E-state index in [0.29, 0.717) is 11.5 Å². The van der Waals surface area contributed by atoms with E-state index >= 15 is 0 Å². The fourth-order valence-electron chi connectivity index (χ4n) is 1.50. The van der Waals surface area contributed by atoms with Gasteiger partial charge in [0.1, 0.15) is 22.2 Å². The van der Waals surface area contributed by atoms with E-state index in [9.17, 15) is 4.79 Å². The smallest absolute Gasteiger partial charge is 0.276 e. The third-order valence-electron chi connectivity index (χ3n) is 2.75.